The Bertz CT molecular complexity index is 775. The van der Waals surface area contributed by atoms with Gasteiger partial charge < -0.3 is 0 Å². The van der Waals surface area contributed by atoms with Crippen molar-refractivity contribution >= 4 is 0 Å². The second kappa shape index (κ2) is 5.69. The summed E-state index contributed by atoms with van der Waals surface area (Å²) in [6.45, 7) is 3.73. The van der Waals surface area contributed by atoms with Crippen molar-refractivity contribution in [2.45, 2.75) is 45.5 Å². The summed E-state index contributed by atoms with van der Waals surface area (Å²) in [7, 11) is 0. The first-order valence-corrected chi connectivity index (χ1v) is 7.56. The van der Waals surface area contributed by atoms with Crippen LogP contribution >= 0.6 is 0 Å². The molecule has 5 nitrogen and oxygen atoms in total. The van der Waals surface area contributed by atoms with Crippen LogP contribution in [0.1, 0.15) is 42.0 Å². The van der Waals surface area contributed by atoms with Crippen LogP contribution in [0.3, 0.4) is 0 Å². The van der Waals surface area contributed by atoms with Gasteiger partial charge in [-0.2, -0.15) is 10.4 Å². The van der Waals surface area contributed by atoms with E-state index in [1.807, 2.05) is 26.0 Å². The number of rotatable bonds is 3. The molecule has 23 heavy (non-hydrogen) atoms. The van der Waals surface area contributed by atoms with Gasteiger partial charge in [0, 0.05) is 24.2 Å². The van der Waals surface area contributed by atoms with Crippen molar-refractivity contribution in [3.05, 3.63) is 34.9 Å². The average molecular weight is 317 g/mol. The molecule has 1 aliphatic carbocycles. The minimum Gasteiger partial charge on any atom is -0.216 e. The van der Waals surface area contributed by atoms with E-state index in [1.54, 1.807) is 10.7 Å². The fourth-order valence-corrected chi connectivity index (χ4v) is 3.08. The average Bonchev–Trinajstić information content (AvgIpc) is 3.00. The molecule has 1 aliphatic rings. The molecule has 0 amide bonds. The van der Waals surface area contributed by atoms with Crippen molar-refractivity contribution in [3.8, 4) is 12.0 Å². The molecule has 2 aromatic rings. The number of hydrogen-bond donors (Lipinski definition) is 0. The Morgan fingerprint density at radius 2 is 2.13 bits per heavy atom. The fourth-order valence-electron chi connectivity index (χ4n) is 3.08. The summed E-state index contributed by atoms with van der Waals surface area (Å²) in [6, 6.07) is 5.47. The molecule has 0 spiro atoms. The Labute approximate surface area is 133 Å². The molecule has 7 heteroatoms. The Hall–Kier alpha value is -2.36. The van der Waals surface area contributed by atoms with Crippen molar-refractivity contribution in [1.82, 2.24) is 19.7 Å². The zero-order valence-electron chi connectivity index (χ0n) is 13.1. The van der Waals surface area contributed by atoms with Gasteiger partial charge in [-0.25, -0.2) is 23.4 Å². The lowest BCUT2D eigenvalue weighted by atomic mass is 10.0. The number of nitriles is 1. The molecule has 1 saturated carbocycles. The van der Waals surface area contributed by atoms with Crippen LogP contribution < -0.4 is 0 Å². The van der Waals surface area contributed by atoms with Gasteiger partial charge >= 0.3 is 0 Å². The summed E-state index contributed by atoms with van der Waals surface area (Å²) in [5, 5.41) is 13.5. The summed E-state index contributed by atoms with van der Waals surface area (Å²) in [5.41, 5.74) is 2.52. The number of hydrogen-bond acceptors (Lipinski definition) is 4. The molecule has 0 radical (unpaired) electrons. The van der Waals surface area contributed by atoms with Crippen molar-refractivity contribution in [2.75, 3.05) is 0 Å². The predicted molar refractivity (Wildman–Crippen MR) is 79.3 cm³/mol. The monoisotopic (exact) mass is 317 g/mol. The van der Waals surface area contributed by atoms with E-state index in [1.165, 1.54) is 0 Å². The normalized spacial score (nSPS) is 19.7. The highest BCUT2D eigenvalue weighted by molar-refractivity contribution is 5.29. The predicted octanol–water partition coefficient (Wildman–Crippen LogP) is 3.13. The Morgan fingerprint density at radius 1 is 1.35 bits per heavy atom. The van der Waals surface area contributed by atoms with E-state index in [9.17, 15) is 8.78 Å². The molecule has 3 rings (SSSR count). The third-order valence-corrected chi connectivity index (χ3v) is 4.08. The van der Waals surface area contributed by atoms with Crippen molar-refractivity contribution in [2.24, 2.45) is 5.92 Å². The first-order valence-electron chi connectivity index (χ1n) is 7.56. The minimum absolute atomic E-state index is 0.0713. The summed E-state index contributed by atoms with van der Waals surface area (Å²) in [4.78, 5) is 8.61. The van der Waals surface area contributed by atoms with E-state index in [-0.39, 0.29) is 24.5 Å². The molecular weight excluding hydrogens is 300 g/mol. The zero-order chi connectivity index (χ0) is 16.6. The first-order chi connectivity index (χ1) is 10.9. The highest BCUT2D eigenvalue weighted by atomic mass is 19.3. The number of aromatic nitrogens is 4. The van der Waals surface area contributed by atoms with Gasteiger partial charge in [0.05, 0.1) is 5.69 Å². The lowest BCUT2D eigenvalue weighted by molar-refractivity contribution is 0.00505. The molecule has 120 valence electrons. The van der Waals surface area contributed by atoms with Crippen molar-refractivity contribution in [3.63, 3.8) is 0 Å². The molecule has 2 aromatic heterocycles. The summed E-state index contributed by atoms with van der Waals surface area (Å²) >= 11 is 0. The number of nitrogens with zero attached hydrogens (tertiary/aromatic N) is 5. The van der Waals surface area contributed by atoms with E-state index in [0.717, 1.165) is 11.4 Å². The van der Waals surface area contributed by atoms with E-state index in [0.29, 0.717) is 24.5 Å². The lowest BCUT2D eigenvalue weighted by Crippen LogP contribution is -2.13. The largest absolute Gasteiger partial charge is 0.252 e. The molecule has 0 bridgehead atoms. The fraction of sp³-hybridized carbons (Fsp3) is 0.500. The summed E-state index contributed by atoms with van der Waals surface area (Å²) in [5.74, 6) is -2.37. The van der Waals surface area contributed by atoms with Crippen molar-refractivity contribution < 1.29 is 8.78 Å². The van der Waals surface area contributed by atoms with Crippen LogP contribution in [0, 0.1) is 31.1 Å². The van der Waals surface area contributed by atoms with E-state index in [4.69, 9.17) is 5.26 Å². The van der Waals surface area contributed by atoms with Gasteiger partial charge in [0.15, 0.2) is 0 Å². The topological polar surface area (TPSA) is 67.4 Å². The third kappa shape index (κ3) is 3.36. The van der Waals surface area contributed by atoms with E-state index >= 15 is 0 Å². The van der Waals surface area contributed by atoms with E-state index < -0.39 is 5.92 Å². The molecule has 0 aliphatic heterocycles. The molecular formula is C16H17F2N5. The number of alkyl halides is 2. The maximum Gasteiger partial charge on any atom is 0.252 e. The van der Waals surface area contributed by atoms with E-state index in [2.05, 4.69) is 15.1 Å². The van der Waals surface area contributed by atoms with Gasteiger partial charge in [-0.1, -0.05) is 0 Å². The quantitative estimate of drug-likeness (QED) is 0.872. The van der Waals surface area contributed by atoms with Crippen LogP contribution in [0.5, 0.6) is 0 Å². The maximum absolute atomic E-state index is 13.3. The summed E-state index contributed by atoms with van der Waals surface area (Å²) < 4.78 is 28.3. The SMILES string of the molecule is Cc1cc(C)n(-c2nc(C#N)cc(CC3CCC(F)(F)C3)n2)n1. The highest BCUT2D eigenvalue weighted by Crippen LogP contribution is 2.40. The highest BCUT2D eigenvalue weighted by Gasteiger charge is 2.39. The van der Waals surface area contributed by atoms with Gasteiger partial charge in [-0.3, -0.25) is 0 Å². The van der Waals surface area contributed by atoms with Crippen LogP contribution in [-0.4, -0.2) is 25.7 Å². The van der Waals surface area contributed by atoms with Crippen LogP contribution in [-0.2, 0) is 6.42 Å². The zero-order valence-corrected chi connectivity index (χ0v) is 13.1. The van der Waals surface area contributed by atoms with Gasteiger partial charge in [0.1, 0.15) is 11.8 Å². The van der Waals surface area contributed by atoms with Crippen LogP contribution in [0.15, 0.2) is 12.1 Å². The van der Waals surface area contributed by atoms with Gasteiger partial charge in [0.25, 0.3) is 5.95 Å². The maximum atomic E-state index is 13.3. The van der Waals surface area contributed by atoms with Crippen LogP contribution in [0.25, 0.3) is 5.95 Å². The first kappa shape index (κ1) is 15.5. The summed E-state index contributed by atoms with van der Waals surface area (Å²) in [6.07, 6.45) is 0.722. The molecule has 2 heterocycles. The molecule has 1 atom stereocenters. The Morgan fingerprint density at radius 3 is 2.70 bits per heavy atom. The van der Waals surface area contributed by atoms with Gasteiger partial charge in [-0.05, 0) is 44.7 Å². The molecule has 1 unspecified atom stereocenters. The van der Waals surface area contributed by atoms with Crippen LogP contribution in [0.2, 0.25) is 0 Å². The van der Waals surface area contributed by atoms with Crippen molar-refractivity contribution in [1.29, 1.82) is 5.26 Å². The minimum atomic E-state index is -2.58. The molecule has 0 aromatic carbocycles. The number of halogens is 2. The molecule has 1 fully saturated rings. The van der Waals surface area contributed by atoms with Gasteiger partial charge in [0.2, 0.25) is 5.92 Å². The smallest absolute Gasteiger partial charge is 0.216 e. The van der Waals surface area contributed by atoms with Crippen LogP contribution in [0.4, 0.5) is 8.78 Å². The standard InChI is InChI=1S/C16H17F2N5/c1-10-5-11(2)23(22-10)15-20-13(7-14(9-19)21-15)6-12-3-4-16(17,18)8-12/h5,7,12H,3-4,6,8H2,1-2H3. The van der Waals surface area contributed by atoms with Gasteiger partial charge in [-0.15, -0.1) is 0 Å². The lowest BCUT2D eigenvalue weighted by Gasteiger charge is -2.11. The molecule has 0 N–H and O–H groups in total. The number of aryl methyl sites for hydroxylation is 2. The second-order valence-corrected chi connectivity index (χ2v) is 6.16. The third-order valence-electron chi connectivity index (χ3n) is 4.08. The Balaban J connectivity index is 1.91. The second-order valence-electron chi connectivity index (χ2n) is 6.16. The Kier molecular flexibility index (Phi) is 3.84. The molecule has 0 saturated heterocycles.